The predicted octanol–water partition coefficient (Wildman–Crippen LogP) is 1.68. The van der Waals surface area contributed by atoms with Crippen LogP contribution in [0.15, 0.2) is 48.0 Å². The fraction of sp³-hybridized carbons (Fsp3) is 0.273. The predicted molar refractivity (Wildman–Crippen MR) is 117 cm³/mol. The number of rotatable bonds is 4. The van der Waals surface area contributed by atoms with E-state index in [1.165, 1.54) is 6.20 Å². The zero-order valence-corrected chi connectivity index (χ0v) is 16.7. The third kappa shape index (κ3) is 2.83. The Hall–Kier alpha value is -3.70. The van der Waals surface area contributed by atoms with Crippen LogP contribution in [0.5, 0.6) is 0 Å². The molecule has 2 saturated heterocycles. The average molecular weight is 398 g/mol. The molecule has 3 N–H and O–H groups in total. The second-order valence-electron chi connectivity index (χ2n) is 7.98. The molecule has 0 atom stereocenters. The van der Waals surface area contributed by atoms with E-state index in [9.17, 15) is 5.26 Å². The van der Waals surface area contributed by atoms with Crippen LogP contribution in [0.25, 0.3) is 22.2 Å². The van der Waals surface area contributed by atoms with Crippen molar-refractivity contribution < 1.29 is 0 Å². The van der Waals surface area contributed by atoms with Gasteiger partial charge in [-0.25, -0.2) is 9.50 Å². The molecule has 0 amide bonds. The molecule has 8 heteroatoms. The van der Waals surface area contributed by atoms with Crippen LogP contribution in [0, 0.1) is 16.7 Å². The lowest BCUT2D eigenvalue weighted by Gasteiger charge is -2.56. The minimum atomic E-state index is 0.450. The molecule has 150 valence electrons. The third-order valence-electron chi connectivity index (χ3n) is 5.95. The van der Waals surface area contributed by atoms with Crippen molar-refractivity contribution in [2.75, 3.05) is 38.1 Å². The van der Waals surface area contributed by atoms with Gasteiger partial charge in [0.25, 0.3) is 0 Å². The van der Waals surface area contributed by atoms with Gasteiger partial charge in [0, 0.05) is 85.7 Å². The van der Waals surface area contributed by atoms with Gasteiger partial charge in [-0.1, -0.05) is 0 Å². The molecular weight excluding hydrogens is 376 g/mol. The lowest BCUT2D eigenvalue weighted by atomic mass is 9.74. The van der Waals surface area contributed by atoms with Crippen molar-refractivity contribution in [2.24, 2.45) is 16.1 Å². The van der Waals surface area contributed by atoms with Gasteiger partial charge in [0.05, 0.1) is 17.3 Å². The first-order valence-corrected chi connectivity index (χ1v) is 9.84. The fourth-order valence-electron chi connectivity index (χ4n) is 4.29. The van der Waals surface area contributed by atoms with Gasteiger partial charge in [0.1, 0.15) is 11.9 Å². The summed E-state index contributed by atoms with van der Waals surface area (Å²) in [6, 6.07) is 8.35. The van der Waals surface area contributed by atoms with Crippen molar-refractivity contribution in [3.8, 4) is 17.2 Å². The molecular formula is C22H22N8. The highest BCUT2D eigenvalue weighted by atomic mass is 15.3. The summed E-state index contributed by atoms with van der Waals surface area (Å²) in [7, 11) is 1.70. The maximum absolute atomic E-state index is 9.56. The Kier molecular flexibility index (Phi) is 4.26. The molecule has 2 aliphatic rings. The largest absolute Gasteiger partial charge is 0.404 e. The molecule has 0 aromatic carbocycles. The van der Waals surface area contributed by atoms with E-state index in [1.54, 1.807) is 24.0 Å². The second-order valence-corrected chi connectivity index (χ2v) is 7.98. The number of aromatic nitrogens is 3. The molecule has 2 fully saturated rings. The van der Waals surface area contributed by atoms with Gasteiger partial charge in [-0.15, -0.1) is 0 Å². The number of anilines is 1. The van der Waals surface area contributed by atoms with E-state index in [-0.39, 0.29) is 0 Å². The molecule has 0 unspecified atom stereocenters. The van der Waals surface area contributed by atoms with Crippen molar-refractivity contribution in [3.63, 3.8) is 0 Å². The smallest absolute Gasteiger partial charge is 0.128 e. The maximum atomic E-state index is 9.56. The van der Waals surface area contributed by atoms with Gasteiger partial charge in [-0.2, -0.15) is 10.4 Å². The van der Waals surface area contributed by atoms with E-state index in [0.29, 0.717) is 11.0 Å². The number of allylic oxidation sites excluding steroid dienone is 1. The summed E-state index contributed by atoms with van der Waals surface area (Å²) in [6.07, 6.45) is 8.52. The van der Waals surface area contributed by atoms with E-state index in [0.717, 1.165) is 59.8 Å². The number of pyridine rings is 2. The highest BCUT2D eigenvalue weighted by molar-refractivity contribution is 6.10. The normalized spacial score (nSPS) is 17.9. The average Bonchev–Trinajstić information content (AvgIpc) is 3.13. The van der Waals surface area contributed by atoms with Gasteiger partial charge in [-0.3, -0.25) is 4.99 Å². The van der Waals surface area contributed by atoms with Crippen molar-refractivity contribution >= 4 is 23.1 Å². The third-order valence-corrected chi connectivity index (χ3v) is 5.95. The summed E-state index contributed by atoms with van der Waals surface area (Å²) in [6.45, 7) is 4.30. The number of nitriles is 1. The van der Waals surface area contributed by atoms with Crippen LogP contribution in [-0.4, -0.2) is 54.0 Å². The van der Waals surface area contributed by atoms with Crippen molar-refractivity contribution in [3.05, 3.63) is 54.1 Å². The first-order chi connectivity index (χ1) is 14.7. The summed E-state index contributed by atoms with van der Waals surface area (Å²) in [5.41, 5.74) is 11.0. The lowest BCUT2D eigenvalue weighted by molar-refractivity contribution is 0.120. The zero-order chi connectivity index (χ0) is 20.7. The number of nitrogens with one attached hydrogen (secondary N) is 1. The Morgan fingerprint density at radius 1 is 1.33 bits per heavy atom. The van der Waals surface area contributed by atoms with Crippen molar-refractivity contribution in [2.45, 2.75) is 0 Å². The Balaban J connectivity index is 1.55. The molecule has 3 aromatic heterocycles. The number of hydrogen-bond acceptors (Lipinski definition) is 7. The Bertz CT molecular complexity index is 1200. The monoisotopic (exact) mass is 398 g/mol. The molecule has 1 spiro atoms. The first-order valence-electron chi connectivity index (χ1n) is 9.84. The Morgan fingerprint density at radius 2 is 2.17 bits per heavy atom. The van der Waals surface area contributed by atoms with Crippen LogP contribution < -0.4 is 16.0 Å². The van der Waals surface area contributed by atoms with E-state index in [4.69, 9.17) is 10.7 Å². The highest BCUT2D eigenvalue weighted by Gasteiger charge is 2.47. The molecule has 0 bridgehead atoms. The molecule has 8 nitrogen and oxygen atoms in total. The quantitative estimate of drug-likeness (QED) is 0.648. The van der Waals surface area contributed by atoms with Crippen LogP contribution >= 0.6 is 0 Å². The molecule has 3 aromatic rings. The number of aliphatic imine (C=N–C) groups is 1. The number of fused-ring (bicyclic) bond motifs is 1. The van der Waals surface area contributed by atoms with E-state index >= 15 is 0 Å². The number of hydrogen-bond donors (Lipinski definition) is 2. The summed E-state index contributed by atoms with van der Waals surface area (Å²) >= 11 is 0. The van der Waals surface area contributed by atoms with Gasteiger partial charge in [-0.05, 0) is 18.2 Å². The SMILES string of the molecule is CN=CC(=CN)c1cc(-c2ccc(N3CC4(CNC4)C3)nc2)c2c(C#N)cnn2c1. The van der Waals surface area contributed by atoms with Gasteiger partial charge in [0.15, 0.2) is 0 Å². The topological polar surface area (TPSA) is 108 Å². The van der Waals surface area contributed by atoms with Crippen molar-refractivity contribution in [1.29, 1.82) is 5.26 Å². The van der Waals surface area contributed by atoms with Crippen LogP contribution in [0.1, 0.15) is 11.1 Å². The first kappa shape index (κ1) is 18.3. The Morgan fingerprint density at radius 3 is 2.77 bits per heavy atom. The van der Waals surface area contributed by atoms with Gasteiger partial charge in [0.2, 0.25) is 0 Å². The molecule has 5 rings (SSSR count). The van der Waals surface area contributed by atoms with Crippen LogP contribution in [0.3, 0.4) is 0 Å². The Labute approximate surface area is 174 Å². The van der Waals surface area contributed by atoms with Gasteiger partial charge < -0.3 is 16.0 Å². The second kappa shape index (κ2) is 6.97. The minimum absolute atomic E-state index is 0.450. The molecule has 0 aliphatic carbocycles. The number of nitrogens with two attached hydrogens (primary N) is 1. The lowest BCUT2D eigenvalue weighted by Crippen LogP contribution is -2.71. The summed E-state index contributed by atoms with van der Waals surface area (Å²) < 4.78 is 1.72. The molecule has 0 radical (unpaired) electrons. The van der Waals surface area contributed by atoms with E-state index in [2.05, 4.69) is 32.4 Å². The van der Waals surface area contributed by atoms with Gasteiger partial charge >= 0.3 is 0 Å². The maximum Gasteiger partial charge on any atom is 0.128 e. The van der Waals surface area contributed by atoms with Crippen LogP contribution in [0.4, 0.5) is 5.82 Å². The zero-order valence-electron chi connectivity index (χ0n) is 16.7. The molecule has 30 heavy (non-hydrogen) atoms. The summed E-state index contributed by atoms with van der Waals surface area (Å²) in [5.74, 6) is 0.984. The van der Waals surface area contributed by atoms with E-state index in [1.807, 2.05) is 24.5 Å². The standard InChI is InChI=1S/C22H22N8/c1-25-7-17(5-23)16-4-19(21-18(6-24)9-28-30(21)10-16)15-2-3-20(27-8-15)29-13-22(14-29)11-26-12-22/h2-5,7-10,26H,11-14,23H2,1H3. The molecule has 2 aliphatic heterocycles. The fourth-order valence-corrected chi connectivity index (χ4v) is 4.29. The summed E-state index contributed by atoms with van der Waals surface area (Å²) in [4.78, 5) is 11.1. The molecule has 0 saturated carbocycles. The van der Waals surface area contributed by atoms with Crippen LogP contribution in [-0.2, 0) is 0 Å². The summed E-state index contributed by atoms with van der Waals surface area (Å²) in [5, 5.41) is 17.3. The highest BCUT2D eigenvalue weighted by Crippen LogP contribution is 2.37. The van der Waals surface area contributed by atoms with E-state index < -0.39 is 0 Å². The minimum Gasteiger partial charge on any atom is -0.404 e. The number of nitrogens with zero attached hydrogens (tertiary/aromatic N) is 6. The van der Waals surface area contributed by atoms with Crippen molar-refractivity contribution in [1.82, 2.24) is 19.9 Å². The molecule has 5 heterocycles. The van der Waals surface area contributed by atoms with Crippen LogP contribution in [0.2, 0.25) is 0 Å².